The monoisotopic (exact) mass is 646 g/mol. The largest absolute Gasteiger partial charge is 0.457 e. The Morgan fingerprint density at radius 1 is 0.511 bits per heavy atom. The topological polar surface area (TPSA) is 55.8 Å². The molecule has 0 amide bonds. The molecule has 0 aliphatic carbocycles. The Labute approximate surface area is 288 Å². The summed E-state index contributed by atoms with van der Waals surface area (Å²) in [4.78, 5) is 12.1. The van der Waals surface area contributed by atoms with Gasteiger partial charge < -0.3 is 14.6 Å². The first-order valence-corrected chi connectivity index (χ1v) is 18.1. The van der Waals surface area contributed by atoms with Crippen molar-refractivity contribution >= 4 is 5.97 Å². The number of aliphatic hydroxyl groups is 1. The lowest BCUT2D eigenvalue weighted by Crippen LogP contribution is -2.27. The maximum Gasteiger partial charge on any atom is 0.306 e. The zero-order valence-electron chi connectivity index (χ0n) is 29.7. The molecule has 0 aliphatic heterocycles. The normalized spacial score (nSPS) is 13.9. The molecule has 262 valence electrons. The van der Waals surface area contributed by atoms with Crippen LogP contribution in [0, 0.1) is 0 Å². The summed E-state index contributed by atoms with van der Waals surface area (Å²) in [7, 11) is 0. The Hall–Kier alpha value is -3.21. The quantitative estimate of drug-likeness (QED) is 0.0462. The fraction of sp³-hybridized carbons (Fsp3) is 0.512. The number of esters is 1. The second kappa shape index (κ2) is 39.0. The maximum absolute atomic E-state index is 12.1. The summed E-state index contributed by atoms with van der Waals surface area (Å²) < 4.78 is 11.0. The van der Waals surface area contributed by atoms with Gasteiger partial charge in [0.1, 0.15) is 6.10 Å². The molecule has 0 bridgehead atoms. The Morgan fingerprint density at radius 3 is 1.26 bits per heavy atom. The van der Waals surface area contributed by atoms with E-state index in [2.05, 4.69) is 135 Å². The second-order valence-corrected chi connectivity index (χ2v) is 11.2. The molecule has 0 aliphatic rings. The molecular weight excluding hydrogens is 580 g/mol. The van der Waals surface area contributed by atoms with Crippen molar-refractivity contribution in [2.45, 2.75) is 123 Å². The molecule has 1 N–H and O–H groups in total. The van der Waals surface area contributed by atoms with Crippen LogP contribution in [-0.4, -0.2) is 37.0 Å². The lowest BCUT2D eigenvalue weighted by atomic mass is 10.2. The Bertz CT molecular complexity index is 987. The average Bonchev–Trinajstić information content (AvgIpc) is 3.08. The first-order chi connectivity index (χ1) is 23.2. The smallest absolute Gasteiger partial charge is 0.306 e. The Balaban J connectivity index is 3.71. The maximum atomic E-state index is 12.1. The van der Waals surface area contributed by atoms with Crippen LogP contribution in [0.3, 0.4) is 0 Å². The van der Waals surface area contributed by atoms with Crippen molar-refractivity contribution < 1.29 is 19.4 Å². The molecular formula is C43H66O4. The van der Waals surface area contributed by atoms with E-state index in [-0.39, 0.29) is 19.2 Å². The number of aliphatic hydroxyl groups excluding tert-OH is 1. The van der Waals surface area contributed by atoms with Crippen LogP contribution in [0.2, 0.25) is 0 Å². The van der Waals surface area contributed by atoms with Gasteiger partial charge in [0.25, 0.3) is 0 Å². The van der Waals surface area contributed by atoms with E-state index in [1.165, 1.54) is 0 Å². The minimum absolute atomic E-state index is 0.222. The molecule has 0 spiro atoms. The summed E-state index contributed by atoms with van der Waals surface area (Å²) in [5, 5.41) is 9.55. The van der Waals surface area contributed by atoms with Crippen molar-refractivity contribution in [1.29, 1.82) is 0 Å². The summed E-state index contributed by atoms with van der Waals surface area (Å²) in [5.41, 5.74) is 0. The molecule has 0 aromatic carbocycles. The fourth-order valence-corrected chi connectivity index (χ4v) is 4.15. The number of hydrogen-bond donors (Lipinski definition) is 1. The lowest BCUT2D eigenvalue weighted by Gasteiger charge is -2.15. The third-order valence-electron chi connectivity index (χ3n) is 6.78. The molecule has 0 fully saturated rings. The van der Waals surface area contributed by atoms with E-state index in [1.54, 1.807) is 0 Å². The van der Waals surface area contributed by atoms with E-state index in [0.717, 1.165) is 96.3 Å². The predicted molar refractivity (Wildman–Crippen MR) is 204 cm³/mol. The van der Waals surface area contributed by atoms with Crippen LogP contribution in [0.5, 0.6) is 0 Å². The molecule has 0 aromatic rings. The molecule has 0 saturated heterocycles. The molecule has 1 atom stereocenters. The van der Waals surface area contributed by atoms with Crippen molar-refractivity contribution in [3.05, 3.63) is 122 Å². The number of carbonyl (C=O) groups excluding carboxylic acids is 1. The van der Waals surface area contributed by atoms with E-state index in [1.807, 2.05) is 0 Å². The van der Waals surface area contributed by atoms with Crippen LogP contribution in [0.4, 0.5) is 0 Å². The van der Waals surface area contributed by atoms with Gasteiger partial charge in [-0.15, -0.1) is 0 Å². The van der Waals surface area contributed by atoms with E-state index in [0.29, 0.717) is 13.0 Å². The fourth-order valence-electron chi connectivity index (χ4n) is 4.15. The first kappa shape index (κ1) is 43.8. The molecule has 0 radical (unpaired) electrons. The van der Waals surface area contributed by atoms with Crippen molar-refractivity contribution in [2.75, 3.05) is 19.8 Å². The van der Waals surface area contributed by atoms with Gasteiger partial charge in [0.05, 0.1) is 13.2 Å². The second-order valence-electron chi connectivity index (χ2n) is 11.2. The third kappa shape index (κ3) is 37.1. The predicted octanol–water partition coefficient (Wildman–Crippen LogP) is 11.8. The zero-order valence-corrected chi connectivity index (χ0v) is 29.7. The van der Waals surface area contributed by atoms with Gasteiger partial charge in [-0.3, -0.25) is 4.79 Å². The summed E-state index contributed by atoms with van der Waals surface area (Å²) >= 11 is 0. The van der Waals surface area contributed by atoms with Gasteiger partial charge in [0.15, 0.2) is 0 Å². The lowest BCUT2D eigenvalue weighted by molar-refractivity contribution is -0.154. The highest BCUT2D eigenvalue weighted by Gasteiger charge is 2.13. The summed E-state index contributed by atoms with van der Waals surface area (Å²) in [6, 6.07) is 0. The standard InChI is InChI=1S/C43H66O4/c1-3-5-7-9-11-13-15-17-19-21-23-25-27-29-31-33-35-37-39-46-41-42(40-44)47-43(45)38-36-34-32-30-28-26-24-22-20-18-16-14-12-10-8-6-4-2/h5-8,11-14,17-20,23-26,29-32,42,44H,3-4,9-10,15-16,21-22,27-28,33-41H2,1-2H3/b7-5-,8-6-,13-11-,14-12-,19-17-,20-18-,25-23-,26-24-,31-29-,32-30-. The van der Waals surface area contributed by atoms with Crippen molar-refractivity contribution in [1.82, 2.24) is 0 Å². The zero-order chi connectivity index (χ0) is 34.1. The molecule has 0 heterocycles. The van der Waals surface area contributed by atoms with Crippen LogP contribution in [-0.2, 0) is 14.3 Å². The SMILES string of the molecule is CC/C=C\C/C=C\C/C=C\C/C=C\C/C=C\CCCCOCC(CO)OC(=O)CCC/C=C\C/C=C\C/C=C\C/C=C\C/C=C\CC. The summed E-state index contributed by atoms with van der Waals surface area (Å²) in [5.74, 6) is -0.279. The third-order valence-corrected chi connectivity index (χ3v) is 6.78. The highest BCUT2D eigenvalue weighted by molar-refractivity contribution is 5.69. The van der Waals surface area contributed by atoms with Crippen LogP contribution in [0.1, 0.15) is 117 Å². The molecule has 47 heavy (non-hydrogen) atoms. The van der Waals surface area contributed by atoms with Gasteiger partial charge in [-0.25, -0.2) is 0 Å². The Kier molecular flexibility index (Phi) is 36.3. The highest BCUT2D eigenvalue weighted by Crippen LogP contribution is 2.05. The van der Waals surface area contributed by atoms with E-state index < -0.39 is 6.10 Å². The van der Waals surface area contributed by atoms with E-state index in [4.69, 9.17) is 9.47 Å². The van der Waals surface area contributed by atoms with Gasteiger partial charge in [-0.1, -0.05) is 135 Å². The van der Waals surface area contributed by atoms with Crippen LogP contribution >= 0.6 is 0 Å². The minimum atomic E-state index is -0.595. The van der Waals surface area contributed by atoms with Crippen molar-refractivity contribution in [3.63, 3.8) is 0 Å². The molecule has 1 unspecified atom stereocenters. The molecule has 4 nitrogen and oxygen atoms in total. The first-order valence-electron chi connectivity index (χ1n) is 18.1. The number of hydrogen-bond acceptors (Lipinski definition) is 4. The number of carbonyl (C=O) groups is 1. The molecule has 0 aromatic heterocycles. The van der Waals surface area contributed by atoms with Gasteiger partial charge in [0, 0.05) is 13.0 Å². The van der Waals surface area contributed by atoms with Gasteiger partial charge in [-0.05, 0) is 96.3 Å². The summed E-state index contributed by atoms with van der Waals surface area (Å²) in [6.45, 7) is 4.92. The number of unbranched alkanes of at least 4 members (excludes halogenated alkanes) is 3. The molecule has 4 heteroatoms. The van der Waals surface area contributed by atoms with Crippen molar-refractivity contribution in [3.8, 4) is 0 Å². The minimum Gasteiger partial charge on any atom is -0.457 e. The Morgan fingerprint density at radius 2 is 0.872 bits per heavy atom. The molecule has 0 rings (SSSR count). The van der Waals surface area contributed by atoms with Gasteiger partial charge in [-0.2, -0.15) is 0 Å². The van der Waals surface area contributed by atoms with Gasteiger partial charge >= 0.3 is 5.97 Å². The number of allylic oxidation sites excluding steroid dienone is 20. The van der Waals surface area contributed by atoms with Crippen LogP contribution < -0.4 is 0 Å². The van der Waals surface area contributed by atoms with Crippen LogP contribution in [0.25, 0.3) is 0 Å². The van der Waals surface area contributed by atoms with E-state index >= 15 is 0 Å². The van der Waals surface area contributed by atoms with Crippen LogP contribution in [0.15, 0.2) is 122 Å². The number of ether oxygens (including phenoxy) is 2. The van der Waals surface area contributed by atoms with Crippen molar-refractivity contribution in [2.24, 2.45) is 0 Å². The average molecular weight is 647 g/mol. The number of rotatable bonds is 31. The highest BCUT2D eigenvalue weighted by atomic mass is 16.6. The van der Waals surface area contributed by atoms with Gasteiger partial charge in [0.2, 0.25) is 0 Å². The summed E-state index contributed by atoms with van der Waals surface area (Å²) in [6.07, 6.45) is 58.2. The van der Waals surface area contributed by atoms with E-state index in [9.17, 15) is 9.90 Å². The molecule has 0 saturated carbocycles.